The Morgan fingerprint density at radius 2 is 1.82 bits per heavy atom. The van der Waals surface area contributed by atoms with Crippen LogP contribution >= 0.6 is 0 Å². The quantitative estimate of drug-likeness (QED) is 0.793. The molecule has 2 amide bonds. The van der Waals surface area contributed by atoms with Gasteiger partial charge >= 0.3 is 0 Å². The maximum Gasteiger partial charge on any atom is 0.240 e. The zero-order chi connectivity index (χ0) is 16.3. The van der Waals surface area contributed by atoms with Gasteiger partial charge in [0.15, 0.2) is 0 Å². The van der Waals surface area contributed by atoms with Crippen LogP contribution in [0.15, 0.2) is 18.2 Å². The Hall–Kier alpha value is -1.84. The maximum atomic E-state index is 12.5. The van der Waals surface area contributed by atoms with E-state index in [4.69, 9.17) is 0 Å². The second-order valence-corrected chi connectivity index (χ2v) is 6.77. The average Bonchev–Trinajstić information content (AvgIpc) is 3.24. The van der Waals surface area contributed by atoms with Crippen molar-refractivity contribution in [2.45, 2.75) is 47.0 Å². The van der Waals surface area contributed by atoms with Gasteiger partial charge in [0.1, 0.15) is 5.41 Å². The summed E-state index contributed by atoms with van der Waals surface area (Å²) in [6.45, 7) is 8.91. The van der Waals surface area contributed by atoms with E-state index in [0.29, 0.717) is 25.3 Å². The van der Waals surface area contributed by atoms with Crippen molar-refractivity contribution in [1.82, 2.24) is 5.32 Å². The first kappa shape index (κ1) is 16.5. The van der Waals surface area contributed by atoms with Crippen molar-refractivity contribution < 1.29 is 9.59 Å². The topological polar surface area (TPSA) is 58.2 Å². The predicted molar refractivity (Wildman–Crippen MR) is 88.7 cm³/mol. The van der Waals surface area contributed by atoms with Crippen LogP contribution in [0.3, 0.4) is 0 Å². The van der Waals surface area contributed by atoms with E-state index in [-0.39, 0.29) is 11.8 Å². The van der Waals surface area contributed by atoms with Gasteiger partial charge in [-0.1, -0.05) is 19.9 Å². The number of hydrogen-bond acceptors (Lipinski definition) is 2. The highest BCUT2D eigenvalue weighted by Gasteiger charge is 2.56. The molecule has 4 heteroatoms. The van der Waals surface area contributed by atoms with Crippen molar-refractivity contribution in [3.8, 4) is 0 Å². The Balaban J connectivity index is 1.96. The Bertz CT molecular complexity index is 574. The first-order valence-electron chi connectivity index (χ1n) is 8.02. The SMILES string of the molecule is Cc1ccc(NC(=O)C2(C(=O)NCCC(C)C)CC2)cc1C. The third-order valence-corrected chi connectivity index (χ3v) is 4.39. The summed E-state index contributed by atoms with van der Waals surface area (Å²) >= 11 is 0. The molecule has 1 aromatic rings. The third-order valence-electron chi connectivity index (χ3n) is 4.39. The Kier molecular flexibility index (Phi) is 4.89. The van der Waals surface area contributed by atoms with Gasteiger partial charge in [-0.15, -0.1) is 0 Å². The lowest BCUT2D eigenvalue weighted by molar-refractivity contribution is -0.134. The molecule has 2 N–H and O–H groups in total. The van der Waals surface area contributed by atoms with Gasteiger partial charge in [0, 0.05) is 12.2 Å². The fraction of sp³-hybridized carbons (Fsp3) is 0.556. The molecule has 1 saturated carbocycles. The van der Waals surface area contributed by atoms with Gasteiger partial charge in [-0.2, -0.15) is 0 Å². The van der Waals surface area contributed by atoms with Crippen LogP contribution in [0.25, 0.3) is 0 Å². The highest BCUT2D eigenvalue weighted by molar-refractivity contribution is 6.13. The average molecular weight is 302 g/mol. The van der Waals surface area contributed by atoms with Crippen LogP contribution in [0.5, 0.6) is 0 Å². The first-order valence-corrected chi connectivity index (χ1v) is 8.02. The molecule has 0 spiro atoms. The normalized spacial score (nSPS) is 15.5. The van der Waals surface area contributed by atoms with Crippen LogP contribution in [0.1, 0.15) is 44.2 Å². The minimum absolute atomic E-state index is 0.130. The highest BCUT2D eigenvalue weighted by Crippen LogP contribution is 2.46. The van der Waals surface area contributed by atoms with Crippen molar-refractivity contribution in [3.63, 3.8) is 0 Å². The van der Waals surface area contributed by atoms with Gasteiger partial charge in [-0.05, 0) is 62.3 Å². The van der Waals surface area contributed by atoms with Crippen molar-refractivity contribution in [2.24, 2.45) is 11.3 Å². The molecule has 0 saturated heterocycles. The van der Waals surface area contributed by atoms with E-state index in [2.05, 4.69) is 24.5 Å². The first-order chi connectivity index (χ1) is 10.3. The molecule has 1 fully saturated rings. The van der Waals surface area contributed by atoms with Gasteiger partial charge in [-0.25, -0.2) is 0 Å². The van der Waals surface area contributed by atoms with Crippen molar-refractivity contribution in [2.75, 3.05) is 11.9 Å². The minimum Gasteiger partial charge on any atom is -0.355 e. The van der Waals surface area contributed by atoms with E-state index in [1.807, 2.05) is 32.0 Å². The monoisotopic (exact) mass is 302 g/mol. The molecule has 0 radical (unpaired) electrons. The standard InChI is InChI=1S/C18H26N2O2/c1-12(2)7-10-19-16(21)18(8-9-18)17(22)20-15-6-5-13(3)14(4)11-15/h5-6,11-12H,7-10H2,1-4H3,(H,19,21)(H,20,22). The Morgan fingerprint density at radius 3 is 2.36 bits per heavy atom. The maximum absolute atomic E-state index is 12.5. The largest absolute Gasteiger partial charge is 0.355 e. The number of carbonyl (C=O) groups excluding carboxylic acids is 2. The van der Waals surface area contributed by atoms with Gasteiger partial charge in [-0.3, -0.25) is 9.59 Å². The highest BCUT2D eigenvalue weighted by atomic mass is 16.2. The number of nitrogens with one attached hydrogen (secondary N) is 2. The summed E-state index contributed by atoms with van der Waals surface area (Å²) in [6, 6.07) is 5.81. The van der Waals surface area contributed by atoms with E-state index < -0.39 is 5.41 Å². The molecule has 0 aromatic heterocycles. The summed E-state index contributed by atoms with van der Waals surface area (Å²) in [6.07, 6.45) is 2.20. The molecular weight excluding hydrogens is 276 g/mol. The molecular formula is C18H26N2O2. The third kappa shape index (κ3) is 3.67. The van der Waals surface area contributed by atoms with Gasteiger partial charge in [0.25, 0.3) is 0 Å². The number of benzene rings is 1. The zero-order valence-corrected chi connectivity index (χ0v) is 14.0. The number of aryl methyl sites for hydroxylation is 2. The Labute approximate surface area is 132 Å². The van der Waals surface area contributed by atoms with Gasteiger partial charge < -0.3 is 10.6 Å². The van der Waals surface area contributed by atoms with Crippen LogP contribution in [-0.2, 0) is 9.59 Å². The second kappa shape index (κ2) is 6.51. The number of hydrogen-bond donors (Lipinski definition) is 2. The van der Waals surface area contributed by atoms with Gasteiger partial charge in [0.05, 0.1) is 0 Å². The summed E-state index contributed by atoms with van der Waals surface area (Å²) in [4.78, 5) is 24.7. The van der Waals surface area contributed by atoms with Crippen LogP contribution in [0.2, 0.25) is 0 Å². The van der Waals surface area contributed by atoms with E-state index in [1.165, 1.54) is 5.56 Å². The molecule has 2 rings (SSSR count). The van der Waals surface area contributed by atoms with Crippen LogP contribution in [0, 0.1) is 25.2 Å². The molecule has 0 atom stereocenters. The molecule has 22 heavy (non-hydrogen) atoms. The van der Waals surface area contributed by atoms with E-state index in [0.717, 1.165) is 17.7 Å². The summed E-state index contributed by atoms with van der Waals surface area (Å²) in [7, 11) is 0. The second-order valence-electron chi connectivity index (χ2n) is 6.77. The number of carbonyl (C=O) groups is 2. The van der Waals surface area contributed by atoms with Gasteiger partial charge in [0.2, 0.25) is 11.8 Å². The minimum atomic E-state index is -0.851. The molecule has 0 unspecified atom stereocenters. The van der Waals surface area contributed by atoms with Crippen LogP contribution in [0.4, 0.5) is 5.69 Å². The molecule has 4 nitrogen and oxygen atoms in total. The summed E-state index contributed by atoms with van der Waals surface area (Å²) in [5.74, 6) is 0.229. The van der Waals surface area contributed by atoms with Crippen molar-refractivity contribution >= 4 is 17.5 Å². The molecule has 1 aliphatic carbocycles. The fourth-order valence-electron chi connectivity index (χ4n) is 2.40. The van der Waals surface area contributed by atoms with Crippen LogP contribution in [-0.4, -0.2) is 18.4 Å². The summed E-state index contributed by atoms with van der Waals surface area (Å²) in [5, 5.41) is 5.80. The van der Waals surface area contributed by atoms with E-state index >= 15 is 0 Å². The number of anilines is 1. The molecule has 0 heterocycles. The predicted octanol–water partition coefficient (Wildman–Crippen LogP) is 3.18. The summed E-state index contributed by atoms with van der Waals surface area (Å²) < 4.78 is 0. The van der Waals surface area contributed by atoms with Crippen LogP contribution < -0.4 is 10.6 Å². The molecule has 1 aliphatic rings. The molecule has 1 aromatic carbocycles. The molecule has 120 valence electrons. The smallest absolute Gasteiger partial charge is 0.240 e. The number of rotatable bonds is 6. The van der Waals surface area contributed by atoms with E-state index in [9.17, 15) is 9.59 Å². The fourth-order valence-corrected chi connectivity index (χ4v) is 2.40. The molecule has 0 bridgehead atoms. The Morgan fingerprint density at radius 1 is 1.14 bits per heavy atom. The molecule has 0 aliphatic heterocycles. The summed E-state index contributed by atoms with van der Waals surface area (Å²) in [5.41, 5.74) is 2.22. The lowest BCUT2D eigenvalue weighted by Gasteiger charge is -2.16. The zero-order valence-electron chi connectivity index (χ0n) is 14.0. The number of amides is 2. The van der Waals surface area contributed by atoms with E-state index in [1.54, 1.807) is 0 Å². The lowest BCUT2D eigenvalue weighted by atomic mass is 10.0. The van der Waals surface area contributed by atoms with Crippen molar-refractivity contribution in [3.05, 3.63) is 29.3 Å². The van der Waals surface area contributed by atoms with Crippen molar-refractivity contribution in [1.29, 1.82) is 0 Å². The lowest BCUT2D eigenvalue weighted by Crippen LogP contribution is -2.40.